The topological polar surface area (TPSA) is 0 Å². The van der Waals surface area contributed by atoms with Gasteiger partial charge in [0.15, 0.2) is 0 Å². The van der Waals surface area contributed by atoms with Gasteiger partial charge >= 0.3 is 0 Å². The molecule has 1 aromatic rings. The molecule has 4 saturated carbocycles. The van der Waals surface area contributed by atoms with Crippen LogP contribution in [0.5, 0.6) is 0 Å². The zero-order valence-electron chi connectivity index (χ0n) is 13.8. The number of fused-ring (bicyclic) bond motifs is 1. The van der Waals surface area contributed by atoms with E-state index in [4.69, 9.17) is 0 Å². The van der Waals surface area contributed by atoms with E-state index in [0.29, 0.717) is 10.8 Å². The van der Waals surface area contributed by atoms with Crippen LogP contribution in [0.15, 0.2) is 12.1 Å². The van der Waals surface area contributed by atoms with Gasteiger partial charge in [-0.15, -0.1) is 0 Å². The Kier molecular flexibility index (Phi) is 1.60. The first-order chi connectivity index (χ1) is 9.97. The summed E-state index contributed by atoms with van der Waals surface area (Å²) in [7, 11) is 0. The number of hydrogen-bond acceptors (Lipinski definition) is 0. The highest BCUT2D eigenvalue weighted by atomic mass is 14.9. The predicted molar refractivity (Wildman–Crippen MR) is 85.3 cm³/mol. The first kappa shape index (κ1) is 11.7. The van der Waals surface area contributed by atoms with Crippen molar-refractivity contribution >= 4 is 0 Å². The molecule has 1 aromatic carbocycles. The molecule has 2 spiro atoms. The van der Waals surface area contributed by atoms with Crippen molar-refractivity contribution in [3.05, 3.63) is 34.4 Å². The van der Waals surface area contributed by atoms with Gasteiger partial charge in [-0.05, 0) is 89.4 Å². The third-order valence-electron chi connectivity index (χ3n) is 9.72. The summed E-state index contributed by atoms with van der Waals surface area (Å²) >= 11 is 0. The number of aryl methyl sites for hydroxylation is 1. The van der Waals surface area contributed by atoms with Gasteiger partial charge in [0.05, 0.1) is 0 Å². The molecule has 0 aromatic heterocycles. The zero-order chi connectivity index (χ0) is 14.4. The highest BCUT2D eigenvalue weighted by Crippen LogP contribution is 2.92. The van der Waals surface area contributed by atoms with E-state index in [9.17, 15) is 0 Å². The fraction of sp³-hybridized carbons (Fsp3) is 0.714. The predicted octanol–water partition coefficient (Wildman–Crippen LogP) is 4.66. The standard InChI is InChI=1S/C21H26/c1-11-5-6-14-7-17-13(3)20-9-12(2)16-8-15(11)18(14)21(16,10-20)19(17,20)4/h5-6,12-13,16-17H,7-10H2,1-4H3/t12?,13?,16?,17-,19+,20?,21+/m0/s1. The number of rotatable bonds is 0. The summed E-state index contributed by atoms with van der Waals surface area (Å²) in [5.41, 5.74) is 8.95. The number of hydrogen-bond donors (Lipinski definition) is 0. The van der Waals surface area contributed by atoms with Crippen LogP contribution in [0.2, 0.25) is 0 Å². The molecule has 0 heteroatoms. The van der Waals surface area contributed by atoms with Crippen molar-refractivity contribution in [3.8, 4) is 0 Å². The second kappa shape index (κ2) is 2.86. The van der Waals surface area contributed by atoms with Crippen LogP contribution >= 0.6 is 0 Å². The lowest BCUT2D eigenvalue weighted by Gasteiger charge is -2.89. The minimum Gasteiger partial charge on any atom is -0.0622 e. The molecule has 0 heterocycles. The van der Waals surface area contributed by atoms with Crippen LogP contribution in [0.1, 0.15) is 55.9 Å². The van der Waals surface area contributed by atoms with Crippen LogP contribution in [-0.2, 0) is 18.3 Å². The van der Waals surface area contributed by atoms with E-state index in [1.54, 1.807) is 16.7 Å². The summed E-state index contributed by atoms with van der Waals surface area (Å²) in [6, 6.07) is 4.92. The van der Waals surface area contributed by atoms with E-state index in [1.165, 1.54) is 25.7 Å². The van der Waals surface area contributed by atoms with Gasteiger partial charge in [-0.3, -0.25) is 0 Å². The summed E-state index contributed by atoms with van der Waals surface area (Å²) < 4.78 is 0. The van der Waals surface area contributed by atoms with Crippen molar-refractivity contribution in [2.45, 2.75) is 58.8 Å². The Bertz CT molecular complexity index is 715. The number of benzene rings is 1. The molecule has 110 valence electrons. The van der Waals surface area contributed by atoms with E-state index in [-0.39, 0.29) is 0 Å². The van der Waals surface area contributed by atoms with Gasteiger partial charge < -0.3 is 0 Å². The molecular formula is C21H26. The lowest BCUT2D eigenvalue weighted by molar-refractivity contribution is -0.379. The molecule has 0 radical (unpaired) electrons. The molecule has 21 heavy (non-hydrogen) atoms. The van der Waals surface area contributed by atoms with Crippen molar-refractivity contribution in [2.24, 2.45) is 34.5 Å². The maximum Gasteiger partial charge on any atom is 0.00601 e. The van der Waals surface area contributed by atoms with Gasteiger partial charge in [0.1, 0.15) is 0 Å². The maximum absolute atomic E-state index is 2.71. The Morgan fingerprint density at radius 2 is 1.90 bits per heavy atom. The molecule has 0 saturated heterocycles. The average Bonchev–Trinajstić information content (AvgIpc) is 2.83. The van der Waals surface area contributed by atoms with Gasteiger partial charge in [0.25, 0.3) is 0 Å². The molecule has 0 aliphatic heterocycles. The van der Waals surface area contributed by atoms with E-state index < -0.39 is 0 Å². The summed E-state index contributed by atoms with van der Waals surface area (Å²) in [4.78, 5) is 0. The third-order valence-corrected chi connectivity index (χ3v) is 9.72. The monoisotopic (exact) mass is 278 g/mol. The van der Waals surface area contributed by atoms with E-state index in [2.05, 4.69) is 39.8 Å². The first-order valence-corrected chi connectivity index (χ1v) is 9.09. The molecule has 7 rings (SSSR count). The molecule has 2 bridgehead atoms. The Hall–Kier alpha value is -0.780. The van der Waals surface area contributed by atoms with Crippen molar-refractivity contribution in [3.63, 3.8) is 0 Å². The van der Waals surface area contributed by atoms with Gasteiger partial charge in [0.2, 0.25) is 0 Å². The van der Waals surface area contributed by atoms with E-state index in [0.717, 1.165) is 29.1 Å². The van der Waals surface area contributed by atoms with Crippen LogP contribution < -0.4 is 0 Å². The normalized spacial score (nSPS) is 57.3. The summed E-state index contributed by atoms with van der Waals surface area (Å²) in [5.74, 6) is 3.83. The molecular weight excluding hydrogens is 252 g/mol. The minimum absolute atomic E-state index is 0.594. The molecule has 0 nitrogen and oxygen atoms in total. The Labute approximate surface area is 128 Å². The van der Waals surface area contributed by atoms with Crippen LogP contribution in [0.3, 0.4) is 0 Å². The average molecular weight is 278 g/mol. The van der Waals surface area contributed by atoms with Crippen molar-refractivity contribution in [1.82, 2.24) is 0 Å². The van der Waals surface area contributed by atoms with Crippen molar-refractivity contribution in [2.75, 3.05) is 0 Å². The van der Waals surface area contributed by atoms with Crippen LogP contribution in [0.25, 0.3) is 0 Å². The Balaban J connectivity index is 1.73. The van der Waals surface area contributed by atoms with Crippen LogP contribution in [-0.4, -0.2) is 0 Å². The zero-order valence-corrected chi connectivity index (χ0v) is 13.8. The van der Waals surface area contributed by atoms with Crippen LogP contribution in [0.4, 0.5) is 0 Å². The smallest absolute Gasteiger partial charge is 0.00601 e. The van der Waals surface area contributed by atoms with Gasteiger partial charge in [-0.2, -0.15) is 0 Å². The lowest BCUT2D eigenvalue weighted by atomic mass is 9.14. The second-order valence-electron chi connectivity index (χ2n) is 9.49. The molecule has 0 amide bonds. The van der Waals surface area contributed by atoms with Gasteiger partial charge in [0, 0.05) is 5.41 Å². The third kappa shape index (κ3) is 0.785. The first-order valence-electron chi connectivity index (χ1n) is 9.09. The minimum atomic E-state index is 0.594. The fourth-order valence-corrected chi connectivity index (χ4v) is 9.05. The molecule has 6 aliphatic carbocycles. The fourth-order valence-electron chi connectivity index (χ4n) is 9.05. The van der Waals surface area contributed by atoms with Crippen LogP contribution in [0, 0.1) is 41.4 Å². The summed E-state index contributed by atoms with van der Waals surface area (Å²) in [6.45, 7) is 10.2. The lowest BCUT2D eigenvalue weighted by Crippen LogP contribution is -2.86. The molecule has 6 aliphatic rings. The summed E-state index contributed by atoms with van der Waals surface area (Å²) in [5, 5.41) is 0. The Morgan fingerprint density at radius 3 is 2.71 bits per heavy atom. The molecule has 4 unspecified atom stereocenters. The SMILES string of the molecule is Cc1ccc2c3c1CC1C(C)CC45C[C@]31[C@]4(C)[C@@H](C2)C5C. The summed E-state index contributed by atoms with van der Waals surface area (Å²) in [6.07, 6.45) is 5.83. The maximum atomic E-state index is 2.71. The van der Waals surface area contributed by atoms with E-state index in [1.807, 2.05) is 5.56 Å². The van der Waals surface area contributed by atoms with E-state index >= 15 is 0 Å². The highest BCUT2D eigenvalue weighted by Gasteiger charge is 2.88. The molecule has 0 N–H and O–H groups in total. The Morgan fingerprint density at radius 1 is 1.10 bits per heavy atom. The van der Waals surface area contributed by atoms with Crippen molar-refractivity contribution in [1.29, 1.82) is 0 Å². The van der Waals surface area contributed by atoms with Gasteiger partial charge in [-0.25, -0.2) is 0 Å². The van der Waals surface area contributed by atoms with Gasteiger partial charge in [-0.1, -0.05) is 32.9 Å². The second-order valence-corrected chi connectivity index (χ2v) is 9.49. The van der Waals surface area contributed by atoms with Crippen molar-refractivity contribution < 1.29 is 0 Å². The molecule has 7 atom stereocenters. The quantitative estimate of drug-likeness (QED) is 0.647. The highest BCUT2D eigenvalue weighted by molar-refractivity contribution is 5.60. The molecule has 4 fully saturated rings. The largest absolute Gasteiger partial charge is 0.0622 e.